The van der Waals surface area contributed by atoms with Crippen molar-refractivity contribution in [2.24, 2.45) is 5.73 Å². The van der Waals surface area contributed by atoms with Crippen LogP contribution in [0.2, 0.25) is 0 Å². The Bertz CT molecular complexity index is 569. The normalized spacial score (nSPS) is 12.4. The van der Waals surface area contributed by atoms with Crippen LogP contribution in [0.5, 0.6) is 0 Å². The second-order valence-electron chi connectivity index (χ2n) is 4.59. The Morgan fingerprint density at radius 3 is 2.40 bits per heavy atom. The zero-order chi connectivity index (χ0) is 14.5. The van der Waals surface area contributed by atoms with Crippen LogP contribution in [0.1, 0.15) is 24.1 Å². The SMILES string of the molecule is CCc1ccc(C(N)CSc2ccc(F)cc2F)cc1. The van der Waals surface area contributed by atoms with Gasteiger partial charge in [0, 0.05) is 22.8 Å². The Hall–Kier alpha value is -1.39. The summed E-state index contributed by atoms with van der Waals surface area (Å²) < 4.78 is 26.3. The molecule has 0 saturated heterocycles. The van der Waals surface area contributed by atoms with Crippen LogP contribution < -0.4 is 5.73 Å². The minimum Gasteiger partial charge on any atom is -0.323 e. The Morgan fingerprint density at radius 2 is 1.80 bits per heavy atom. The maximum atomic E-state index is 13.5. The molecule has 0 amide bonds. The average Bonchev–Trinajstić information content (AvgIpc) is 2.46. The van der Waals surface area contributed by atoms with Gasteiger partial charge in [0.2, 0.25) is 0 Å². The smallest absolute Gasteiger partial charge is 0.139 e. The molecule has 0 heterocycles. The van der Waals surface area contributed by atoms with Crippen LogP contribution >= 0.6 is 11.8 Å². The lowest BCUT2D eigenvalue weighted by Gasteiger charge is -2.12. The lowest BCUT2D eigenvalue weighted by atomic mass is 10.1. The van der Waals surface area contributed by atoms with Crippen LogP contribution in [0, 0.1) is 11.6 Å². The quantitative estimate of drug-likeness (QED) is 0.831. The van der Waals surface area contributed by atoms with Crippen molar-refractivity contribution in [2.45, 2.75) is 24.3 Å². The Morgan fingerprint density at radius 1 is 1.10 bits per heavy atom. The van der Waals surface area contributed by atoms with E-state index in [1.165, 1.54) is 29.5 Å². The maximum Gasteiger partial charge on any atom is 0.139 e. The van der Waals surface area contributed by atoms with Crippen molar-refractivity contribution in [3.05, 3.63) is 65.2 Å². The topological polar surface area (TPSA) is 26.0 Å². The van der Waals surface area contributed by atoms with E-state index in [4.69, 9.17) is 5.73 Å². The van der Waals surface area contributed by atoms with Gasteiger partial charge in [-0.2, -0.15) is 0 Å². The van der Waals surface area contributed by atoms with Gasteiger partial charge in [-0.3, -0.25) is 0 Å². The highest BCUT2D eigenvalue weighted by molar-refractivity contribution is 7.99. The van der Waals surface area contributed by atoms with Crippen molar-refractivity contribution in [3.8, 4) is 0 Å². The van der Waals surface area contributed by atoms with E-state index in [1.807, 2.05) is 12.1 Å². The molecule has 1 unspecified atom stereocenters. The highest BCUT2D eigenvalue weighted by Crippen LogP contribution is 2.26. The highest BCUT2D eigenvalue weighted by Gasteiger charge is 2.09. The first-order chi connectivity index (χ1) is 9.60. The summed E-state index contributed by atoms with van der Waals surface area (Å²) in [5, 5.41) is 0. The molecule has 0 spiro atoms. The summed E-state index contributed by atoms with van der Waals surface area (Å²) in [7, 11) is 0. The van der Waals surface area contributed by atoms with Gasteiger partial charge in [0.25, 0.3) is 0 Å². The zero-order valence-electron chi connectivity index (χ0n) is 11.3. The van der Waals surface area contributed by atoms with Gasteiger partial charge in [0.15, 0.2) is 0 Å². The molecule has 0 aliphatic rings. The molecule has 0 radical (unpaired) electrons. The number of aryl methyl sites for hydroxylation is 1. The molecule has 2 rings (SSSR count). The third kappa shape index (κ3) is 3.81. The second kappa shape index (κ2) is 6.86. The van der Waals surface area contributed by atoms with Crippen molar-refractivity contribution < 1.29 is 8.78 Å². The number of halogens is 2. The summed E-state index contributed by atoms with van der Waals surface area (Å²) in [4.78, 5) is 0.423. The molecule has 2 N–H and O–H groups in total. The number of rotatable bonds is 5. The fourth-order valence-corrected chi connectivity index (χ4v) is 2.78. The third-order valence-corrected chi connectivity index (χ3v) is 4.30. The van der Waals surface area contributed by atoms with Crippen molar-refractivity contribution in [2.75, 3.05) is 5.75 Å². The molecule has 0 aliphatic carbocycles. The molecule has 0 aliphatic heterocycles. The number of hydrogen-bond acceptors (Lipinski definition) is 2. The molecule has 1 nitrogen and oxygen atoms in total. The lowest BCUT2D eigenvalue weighted by Crippen LogP contribution is -2.13. The Kier molecular flexibility index (Phi) is 5.15. The van der Waals surface area contributed by atoms with Crippen molar-refractivity contribution in [1.29, 1.82) is 0 Å². The Balaban J connectivity index is 1.98. The van der Waals surface area contributed by atoms with Crippen LogP contribution in [0.25, 0.3) is 0 Å². The van der Waals surface area contributed by atoms with Crippen molar-refractivity contribution >= 4 is 11.8 Å². The fourth-order valence-electron chi connectivity index (χ4n) is 1.87. The van der Waals surface area contributed by atoms with Gasteiger partial charge in [0.1, 0.15) is 11.6 Å². The molecule has 20 heavy (non-hydrogen) atoms. The molecular weight excluding hydrogens is 276 g/mol. The molecule has 0 fully saturated rings. The van der Waals surface area contributed by atoms with Crippen LogP contribution in [0.3, 0.4) is 0 Å². The summed E-state index contributed by atoms with van der Waals surface area (Å²) in [5.41, 5.74) is 8.38. The van der Waals surface area contributed by atoms with E-state index in [-0.39, 0.29) is 6.04 Å². The van der Waals surface area contributed by atoms with Gasteiger partial charge >= 0.3 is 0 Å². The summed E-state index contributed by atoms with van der Waals surface area (Å²) in [6.45, 7) is 2.10. The molecular formula is C16H17F2NS. The van der Waals surface area contributed by atoms with Crippen molar-refractivity contribution in [3.63, 3.8) is 0 Å². The molecule has 106 valence electrons. The van der Waals surface area contributed by atoms with E-state index in [2.05, 4.69) is 19.1 Å². The molecule has 0 bridgehead atoms. The second-order valence-corrected chi connectivity index (χ2v) is 5.65. The summed E-state index contributed by atoms with van der Waals surface area (Å²) in [6, 6.07) is 11.5. The molecule has 1 atom stereocenters. The zero-order valence-corrected chi connectivity index (χ0v) is 12.1. The standard InChI is InChI=1S/C16H17F2NS/c1-2-11-3-5-12(6-4-11)15(19)10-20-16-8-7-13(17)9-14(16)18/h3-9,15H,2,10,19H2,1H3. The predicted octanol–water partition coefficient (Wildman–Crippen LogP) is 4.32. The molecule has 0 aromatic heterocycles. The first-order valence-electron chi connectivity index (χ1n) is 6.52. The minimum absolute atomic E-state index is 0.171. The van der Waals surface area contributed by atoms with Crippen LogP contribution in [0.4, 0.5) is 8.78 Å². The van der Waals surface area contributed by atoms with Gasteiger partial charge in [-0.15, -0.1) is 11.8 Å². The van der Waals surface area contributed by atoms with Gasteiger partial charge in [-0.25, -0.2) is 8.78 Å². The first kappa shape index (κ1) is 15.0. The molecule has 2 aromatic carbocycles. The first-order valence-corrected chi connectivity index (χ1v) is 7.51. The molecule has 0 saturated carbocycles. The monoisotopic (exact) mass is 293 g/mol. The highest BCUT2D eigenvalue weighted by atomic mass is 32.2. The average molecular weight is 293 g/mol. The van der Waals surface area contributed by atoms with E-state index < -0.39 is 11.6 Å². The maximum absolute atomic E-state index is 13.5. The number of hydrogen-bond donors (Lipinski definition) is 1. The fraction of sp³-hybridized carbons (Fsp3) is 0.250. The number of benzene rings is 2. The lowest BCUT2D eigenvalue weighted by molar-refractivity contribution is 0.565. The van der Waals surface area contributed by atoms with Crippen LogP contribution in [-0.2, 0) is 6.42 Å². The minimum atomic E-state index is -0.564. The molecule has 2 aromatic rings. The van der Waals surface area contributed by atoms with Crippen LogP contribution in [-0.4, -0.2) is 5.75 Å². The van der Waals surface area contributed by atoms with Crippen LogP contribution in [0.15, 0.2) is 47.4 Å². The molecule has 4 heteroatoms. The van der Waals surface area contributed by atoms with E-state index in [0.717, 1.165) is 18.1 Å². The summed E-state index contributed by atoms with van der Waals surface area (Å²) in [5.74, 6) is -0.552. The van der Waals surface area contributed by atoms with Crippen molar-refractivity contribution in [1.82, 2.24) is 0 Å². The van der Waals surface area contributed by atoms with Gasteiger partial charge in [-0.1, -0.05) is 31.2 Å². The predicted molar refractivity (Wildman–Crippen MR) is 79.8 cm³/mol. The van der Waals surface area contributed by atoms with E-state index >= 15 is 0 Å². The Labute approximate surface area is 122 Å². The number of thioether (sulfide) groups is 1. The third-order valence-electron chi connectivity index (χ3n) is 3.13. The van der Waals surface area contributed by atoms with E-state index in [9.17, 15) is 8.78 Å². The summed E-state index contributed by atoms with van der Waals surface area (Å²) >= 11 is 1.30. The van der Waals surface area contributed by atoms with Gasteiger partial charge in [-0.05, 0) is 29.7 Å². The summed E-state index contributed by atoms with van der Waals surface area (Å²) in [6.07, 6.45) is 0.991. The van der Waals surface area contributed by atoms with Gasteiger partial charge in [0.05, 0.1) is 0 Å². The van der Waals surface area contributed by atoms with E-state index in [0.29, 0.717) is 10.6 Å². The van der Waals surface area contributed by atoms with Gasteiger partial charge < -0.3 is 5.73 Å². The largest absolute Gasteiger partial charge is 0.323 e. The number of nitrogens with two attached hydrogens (primary N) is 1. The van der Waals surface area contributed by atoms with E-state index in [1.54, 1.807) is 0 Å².